The van der Waals surface area contributed by atoms with Crippen LogP contribution < -0.4 is 14.6 Å². The molecule has 0 bridgehead atoms. The molecule has 0 aliphatic carbocycles. The number of hydrogen-bond acceptors (Lipinski definition) is 4. The summed E-state index contributed by atoms with van der Waals surface area (Å²) in [5.41, 5.74) is 2.46. The molecule has 162 valence electrons. The Morgan fingerprint density at radius 1 is 1.03 bits per heavy atom. The van der Waals surface area contributed by atoms with Crippen LogP contribution in [0.3, 0.4) is 0 Å². The van der Waals surface area contributed by atoms with E-state index in [9.17, 15) is 4.79 Å². The van der Waals surface area contributed by atoms with Gasteiger partial charge in [-0.25, -0.2) is 9.78 Å². The number of aromatic nitrogens is 1. The molecule has 2 heterocycles. The molecule has 2 amide bonds. The van der Waals surface area contributed by atoms with Gasteiger partial charge in [-0.15, -0.1) is 0 Å². The highest BCUT2D eigenvalue weighted by atomic mass is 28.4. The first kappa shape index (κ1) is 22.1. The fourth-order valence-corrected chi connectivity index (χ4v) is 4.09. The normalized spacial score (nSPS) is 15.1. The molecular formula is C23H34N4O2Si. The second-order valence-electron chi connectivity index (χ2n) is 9.48. The average molecular weight is 427 g/mol. The zero-order valence-electron chi connectivity index (χ0n) is 19.0. The van der Waals surface area contributed by atoms with Crippen molar-refractivity contribution in [3.8, 4) is 5.75 Å². The lowest BCUT2D eigenvalue weighted by atomic mass is 10.2. The van der Waals surface area contributed by atoms with Crippen molar-refractivity contribution in [1.29, 1.82) is 0 Å². The van der Waals surface area contributed by atoms with Crippen LogP contribution in [-0.4, -0.2) is 50.4 Å². The second-order valence-corrected chi connectivity index (χ2v) is 14.2. The molecule has 1 saturated heterocycles. The third-order valence-corrected chi connectivity index (χ3v) is 10.5. The van der Waals surface area contributed by atoms with E-state index in [1.807, 2.05) is 17.0 Å². The lowest BCUT2D eigenvalue weighted by Crippen LogP contribution is -2.50. The quantitative estimate of drug-likeness (QED) is 0.689. The van der Waals surface area contributed by atoms with E-state index in [1.165, 1.54) is 11.3 Å². The Hall–Kier alpha value is -2.54. The van der Waals surface area contributed by atoms with Crippen LogP contribution >= 0.6 is 0 Å². The second kappa shape index (κ2) is 8.68. The fourth-order valence-electron chi connectivity index (χ4n) is 3.07. The fraction of sp³-hybridized carbons (Fsp3) is 0.478. The average Bonchev–Trinajstić information content (AvgIpc) is 2.69. The molecule has 0 spiro atoms. The molecule has 0 radical (unpaired) electrons. The predicted octanol–water partition coefficient (Wildman–Crippen LogP) is 5.13. The Morgan fingerprint density at radius 3 is 2.20 bits per heavy atom. The van der Waals surface area contributed by atoms with Crippen molar-refractivity contribution in [2.45, 2.75) is 45.8 Å². The maximum Gasteiger partial charge on any atom is 0.323 e. The molecule has 0 atom stereocenters. The van der Waals surface area contributed by atoms with Gasteiger partial charge in [0.2, 0.25) is 0 Å². The van der Waals surface area contributed by atoms with Gasteiger partial charge >= 0.3 is 6.03 Å². The summed E-state index contributed by atoms with van der Waals surface area (Å²) in [5, 5.41) is 3.03. The van der Waals surface area contributed by atoms with E-state index >= 15 is 0 Å². The lowest BCUT2D eigenvalue weighted by Gasteiger charge is -2.36. The Labute approximate surface area is 181 Å². The number of benzene rings is 1. The third kappa shape index (κ3) is 5.33. The summed E-state index contributed by atoms with van der Waals surface area (Å²) < 4.78 is 6.25. The van der Waals surface area contributed by atoms with Crippen molar-refractivity contribution in [2.24, 2.45) is 0 Å². The predicted molar refractivity (Wildman–Crippen MR) is 126 cm³/mol. The molecule has 1 N–H and O–H groups in total. The first-order valence-electron chi connectivity index (χ1n) is 10.6. The molecule has 6 nitrogen and oxygen atoms in total. The number of piperazine rings is 1. The molecular weight excluding hydrogens is 392 g/mol. The Morgan fingerprint density at radius 2 is 1.67 bits per heavy atom. The smallest absolute Gasteiger partial charge is 0.323 e. The monoisotopic (exact) mass is 426 g/mol. The lowest BCUT2D eigenvalue weighted by molar-refractivity contribution is 0.208. The number of nitrogens with zero attached hydrogens (tertiary/aromatic N) is 3. The Bertz CT molecular complexity index is 852. The van der Waals surface area contributed by atoms with Crippen LogP contribution in [0, 0.1) is 6.92 Å². The van der Waals surface area contributed by atoms with E-state index in [0.717, 1.165) is 18.8 Å². The highest BCUT2D eigenvalue weighted by Crippen LogP contribution is 2.37. The summed E-state index contributed by atoms with van der Waals surface area (Å²) in [5.74, 6) is 1.30. The largest absolute Gasteiger partial charge is 0.542 e. The number of aryl methyl sites for hydroxylation is 1. The maximum absolute atomic E-state index is 12.6. The minimum absolute atomic E-state index is 0.107. The molecule has 0 saturated carbocycles. The molecule has 0 unspecified atom stereocenters. The zero-order valence-corrected chi connectivity index (χ0v) is 20.0. The van der Waals surface area contributed by atoms with Crippen LogP contribution in [0.1, 0.15) is 26.3 Å². The van der Waals surface area contributed by atoms with Gasteiger partial charge in [-0.3, -0.25) is 5.32 Å². The molecule has 30 heavy (non-hydrogen) atoms. The van der Waals surface area contributed by atoms with E-state index in [0.29, 0.717) is 18.9 Å². The topological polar surface area (TPSA) is 57.7 Å². The zero-order chi connectivity index (χ0) is 21.9. The van der Waals surface area contributed by atoms with Crippen molar-refractivity contribution >= 4 is 25.9 Å². The van der Waals surface area contributed by atoms with Gasteiger partial charge in [0, 0.05) is 31.9 Å². The summed E-state index contributed by atoms with van der Waals surface area (Å²) in [6, 6.07) is 12.1. The van der Waals surface area contributed by atoms with Crippen LogP contribution in [0.2, 0.25) is 18.1 Å². The highest BCUT2D eigenvalue weighted by molar-refractivity contribution is 6.74. The number of pyridine rings is 1. The van der Waals surface area contributed by atoms with E-state index in [4.69, 9.17) is 4.43 Å². The number of amides is 2. The minimum atomic E-state index is -1.90. The van der Waals surface area contributed by atoms with Crippen molar-refractivity contribution in [2.75, 3.05) is 36.4 Å². The molecule has 2 aromatic rings. The third-order valence-electron chi connectivity index (χ3n) is 6.12. The van der Waals surface area contributed by atoms with Gasteiger partial charge in [-0.05, 0) is 49.3 Å². The Balaban J connectivity index is 1.52. The SMILES string of the molecule is Cc1ccc(N2CCN(C(=O)Nc3ccc(O[Si](C)(C)C(C)(C)C)cn3)CC2)cc1. The number of rotatable bonds is 4. The van der Waals surface area contributed by atoms with Crippen LogP contribution in [-0.2, 0) is 0 Å². The molecule has 3 rings (SSSR count). The van der Waals surface area contributed by atoms with Gasteiger partial charge in [0.05, 0.1) is 6.20 Å². The molecule has 1 aromatic carbocycles. The molecule has 7 heteroatoms. The van der Waals surface area contributed by atoms with E-state index in [1.54, 1.807) is 6.20 Å². The summed E-state index contributed by atoms with van der Waals surface area (Å²) >= 11 is 0. The minimum Gasteiger partial charge on any atom is -0.542 e. The number of urea groups is 1. The van der Waals surface area contributed by atoms with Gasteiger partial charge in [0.1, 0.15) is 11.6 Å². The molecule has 1 aromatic heterocycles. The van der Waals surface area contributed by atoms with Crippen molar-refractivity contribution in [3.63, 3.8) is 0 Å². The summed E-state index contributed by atoms with van der Waals surface area (Å²) in [6.07, 6.45) is 1.70. The van der Waals surface area contributed by atoms with E-state index < -0.39 is 8.32 Å². The van der Waals surface area contributed by atoms with E-state index in [-0.39, 0.29) is 11.1 Å². The number of hydrogen-bond donors (Lipinski definition) is 1. The van der Waals surface area contributed by atoms with E-state index in [2.05, 4.69) is 80.3 Å². The maximum atomic E-state index is 12.6. The molecule has 1 aliphatic heterocycles. The summed E-state index contributed by atoms with van der Waals surface area (Å²) in [7, 11) is -1.90. The van der Waals surface area contributed by atoms with Gasteiger partial charge in [-0.1, -0.05) is 38.5 Å². The van der Waals surface area contributed by atoms with Gasteiger partial charge in [-0.2, -0.15) is 0 Å². The van der Waals surface area contributed by atoms with Crippen molar-refractivity contribution < 1.29 is 9.22 Å². The highest BCUT2D eigenvalue weighted by Gasteiger charge is 2.39. The van der Waals surface area contributed by atoms with Crippen LogP contribution in [0.4, 0.5) is 16.3 Å². The summed E-state index contributed by atoms with van der Waals surface area (Å²) in [4.78, 5) is 21.2. The van der Waals surface area contributed by atoms with Gasteiger partial charge < -0.3 is 14.2 Å². The number of carbonyl (C=O) groups excluding carboxylic acids is 1. The van der Waals surface area contributed by atoms with Gasteiger partial charge in [0.25, 0.3) is 8.32 Å². The molecule has 1 fully saturated rings. The first-order chi connectivity index (χ1) is 14.0. The van der Waals surface area contributed by atoms with Gasteiger partial charge in [0.15, 0.2) is 0 Å². The number of nitrogens with one attached hydrogen (secondary N) is 1. The van der Waals surface area contributed by atoms with Crippen LogP contribution in [0.5, 0.6) is 5.75 Å². The number of carbonyl (C=O) groups is 1. The molecule has 1 aliphatic rings. The standard InChI is InChI=1S/C23H34N4O2Si/c1-18-7-9-19(10-8-18)26-13-15-27(16-14-26)22(28)25-21-12-11-20(17-24-21)29-30(5,6)23(2,3)4/h7-12,17H,13-16H2,1-6H3,(H,24,25,28). The van der Waals surface area contributed by atoms with Crippen LogP contribution in [0.15, 0.2) is 42.6 Å². The van der Waals surface area contributed by atoms with Crippen molar-refractivity contribution in [1.82, 2.24) is 9.88 Å². The van der Waals surface area contributed by atoms with Crippen molar-refractivity contribution in [3.05, 3.63) is 48.2 Å². The Kier molecular flexibility index (Phi) is 6.40. The van der Waals surface area contributed by atoms with Crippen LogP contribution in [0.25, 0.3) is 0 Å². The summed E-state index contributed by atoms with van der Waals surface area (Å²) in [6.45, 7) is 16.1. The number of anilines is 2. The first-order valence-corrected chi connectivity index (χ1v) is 13.5.